The van der Waals surface area contributed by atoms with E-state index < -0.39 is 0 Å². The van der Waals surface area contributed by atoms with Crippen LogP contribution in [-0.2, 0) is 11.3 Å². The summed E-state index contributed by atoms with van der Waals surface area (Å²) >= 11 is 1.27. The second-order valence-electron chi connectivity index (χ2n) is 5.74. The van der Waals surface area contributed by atoms with Crippen LogP contribution in [0.3, 0.4) is 0 Å². The molecule has 1 saturated heterocycles. The molecule has 2 N–H and O–H groups in total. The smallest absolute Gasteiger partial charge is 0.321 e. The summed E-state index contributed by atoms with van der Waals surface area (Å²) in [6, 6.07) is 3.63. The molecule has 2 aromatic rings. The van der Waals surface area contributed by atoms with Gasteiger partial charge in [-0.1, -0.05) is 17.4 Å². The third-order valence-electron chi connectivity index (χ3n) is 3.59. The number of nitrogens with zero attached hydrogens (tertiary/aromatic N) is 4. The van der Waals surface area contributed by atoms with Crippen LogP contribution in [0.4, 0.5) is 15.7 Å². The second kappa shape index (κ2) is 7.54. The number of amides is 2. The Balaban J connectivity index is 1.52. The molecule has 0 aliphatic carbocycles. The number of aromatic nitrogens is 3. The van der Waals surface area contributed by atoms with Crippen molar-refractivity contribution in [2.45, 2.75) is 32.6 Å². The predicted molar refractivity (Wildman–Crippen MR) is 92.2 cm³/mol. The number of nitrogens with one attached hydrogen (secondary N) is 2. The molecule has 0 radical (unpaired) electrons. The summed E-state index contributed by atoms with van der Waals surface area (Å²) in [5.74, 6) is 0.930. The van der Waals surface area contributed by atoms with Gasteiger partial charge in [-0.2, -0.15) is 0 Å². The number of carbonyl (C=O) groups is 1. The molecule has 2 atom stereocenters. The molecule has 0 unspecified atom stereocenters. The number of urea groups is 1. The van der Waals surface area contributed by atoms with Crippen LogP contribution >= 0.6 is 11.3 Å². The van der Waals surface area contributed by atoms with Crippen LogP contribution in [0.15, 0.2) is 23.8 Å². The molecular weight excluding hydrogens is 328 g/mol. The van der Waals surface area contributed by atoms with Gasteiger partial charge in [0.1, 0.15) is 11.3 Å². The fourth-order valence-electron chi connectivity index (χ4n) is 2.62. The van der Waals surface area contributed by atoms with E-state index in [0.717, 1.165) is 24.5 Å². The fraction of sp³-hybridized carbons (Fsp3) is 0.467. The second-order valence-corrected chi connectivity index (χ2v) is 6.57. The maximum Gasteiger partial charge on any atom is 0.321 e. The van der Waals surface area contributed by atoms with Crippen molar-refractivity contribution in [3.63, 3.8) is 0 Å². The van der Waals surface area contributed by atoms with Crippen LogP contribution in [0, 0.1) is 0 Å². The van der Waals surface area contributed by atoms with Crippen molar-refractivity contribution in [1.29, 1.82) is 0 Å². The molecule has 1 aliphatic heterocycles. The standard InChI is InChI=1S/C15H20N6O2S/c1-10-7-21(8-11(2)23-10)13-4-3-12(5-16-13)6-17-14(22)19-15-20-18-9-24-15/h3-5,9-11H,6-8H2,1-2H3,(H2,17,19,20,22)/t10-,11-/m1/s1. The lowest BCUT2D eigenvalue weighted by atomic mass is 10.2. The molecule has 1 aliphatic rings. The van der Waals surface area contributed by atoms with Gasteiger partial charge in [0, 0.05) is 25.8 Å². The van der Waals surface area contributed by atoms with Gasteiger partial charge in [0.15, 0.2) is 0 Å². The van der Waals surface area contributed by atoms with Crippen LogP contribution in [0.5, 0.6) is 0 Å². The van der Waals surface area contributed by atoms with E-state index in [9.17, 15) is 4.79 Å². The monoisotopic (exact) mass is 348 g/mol. The largest absolute Gasteiger partial charge is 0.372 e. The Labute approximate surface area is 144 Å². The highest BCUT2D eigenvalue weighted by molar-refractivity contribution is 7.13. The van der Waals surface area contributed by atoms with Gasteiger partial charge in [0.2, 0.25) is 5.13 Å². The van der Waals surface area contributed by atoms with Crippen LogP contribution in [-0.4, -0.2) is 46.5 Å². The number of hydrogen-bond donors (Lipinski definition) is 2. The highest BCUT2D eigenvalue weighted by Crippen LogP contribution is 2.18. The lowest BCUT2D eigenvalue weighted by Gasteiger charge is -2.36. The van der Waals surface area contributed by atoms with E-state index in [1.807, 2.05) is 12.1 Å². The van der Waals surface area contributed by atoms with Gasteiger partial charge in [-0.25, -0.2) is 9.78 Å². The third kappa shape index (κ3) is 4.39. The minimum absolute atomic E-state index is 0.195. The van der Waals surface area contributed by atoms with Gasteiger partial charge in [-0.15, -0.1) is 10.2 Å². The molecule has 0 bridgehead atoms. The normalized spacial score (nSPS) is 20.7. The van der Waals surface area contributed by atoms with Crippen molar-refractivity contribution in [3.8, 4) is 0 Å². The van der Waals surface area contributed by atoms with Crippen LogP contribution < -0.4 is 15.5 Å². The Kier molecular flexibility index (Phi) is 5.21. The summed E-state index contributed by atoms with van der Waals surface area (Å²) in [6.45, 7) is 6.20. The van der Waals surface area contributed by atoms with Crippen LogP contribution in [0.2, 0.25) is 0 Å². The first-order chi connectivity index (χ1) is 11.6. The maximum atomic E-state index is 11.7. The molecule has 2 aromatic heterocycles. The topological polar surface area (TPSA) is 92.3 Å². The molecule has 2 amide bonds. The number of hydrogen-bond acceptors (Lipinski definition) is 7. The Morgan fingerprint density at radius 3 is 2.79 bits per heavy atom. The Morgan fingerprint density at radius 1 is 1.38 bits per heavy atom. The highest BCUT2D eigenvalue weighted by Gasteiger charge is 2.22. The number of pyridine rings is 1. The van der Waals surface area contributed by atoms with Crippen molar-refractivity contribution in [2.75, 3.05) is 23.3 Å². The lowest BCUT2D eigenvalue weighted by molar-refractivity contribution is -0.00546. The van der Waals surface area contributed by atoms with Crippen molar-refractivity contribution < 1.29 is 9.53 Å². The van der Waals surface area contributed by atoms with Crippen molar-refractivity contribution in [1.82, 2.24) is 20.5 Å². The van der Waals surface area contributed by atoms with E-state index in [-0.39, 0.29) is 18.2 Å². The van der Waals surface area contributed by atoms with E-state index in [1.54, 1.807) is 11.7 Å². The van der Waals surface area contributed by atoms with Crippen LogP contribution in [0.1, 0.15) is 19.4 Å². The number of ether oxygens (including phenoxy) is 1. The van der Waals surface area contributed by atoms with Crippen molar-refractivity contribution >= 4 is 28.3 Å². The Hall–Kier alpha value is -2.26. The lowest BCUT2D eigenvalue weighted by Crippen LogP contribution is -2.45. The molecule has 0 saturated carbocycles. The quantitative estimate of drug-likeness (QED) is 0.876. The minimum atomic E-state index is -0.313. The first-order valence-corrected chi connectivity index (χ1v) is 8.64. The summed E-state index contributed by atoms with van der Waals surface area (Å²) < 4.78 is 5.74. The average Bonchev–Trinajstić information content (AvgIpc) is 3.05. The summed E-state index contributed by atoms with van der Waals surface area (Å²) in [5, 5.41) is 13.3. The third-order valence-corrected chi connectivity index (χ3v) is 4.19. The number of rotatable bonds is 4. The van der Waals surface area contributed by atoms with Crippen molar-refractivity contribution in [2.24, 2.45) is 0 Å². The van der Waals surface area contributed by atoms with E-state index in [0.29, 0.717) is 11.7 Å². The van der Waals surface area contributed by atoms with Gasteiger partial charge >= 0.3 is 6.03 Å². The molecule has 0 aromatic carbocycles. The number of morpholine rings is 1. The molecule has 0 spiro atoms. The van der Waals surface area contributed by atoms with E-state index in [1.165, 1.54) is 11.3 Å². The van der Waals surface area contributed by atoms with Gasteiger partial charge in [-0.05, 0) is 25.5 Å². The van der Waals surface area contributed by atoms with Crippen LogP contribution in [0.25, 0.3) is 0 Å². The first-order valence-electron chi connectivity index (χ1n) is 7.76. The van der Waals surface area contributed by atoms with Gasteiger partial charge < -0.3 is 15.0 Å². The van der Waals surface area contributed by atoms with E-state index >= 15 is 0 Å². The zero-order valence-electron chi connectivity index (χ0n) is 13.6. The Bertz CT molecular complexity index is 653. The Morgan fingerprint density at radius 2 is 2.17 bits per heavy atom. The zero-order chi connectivity index (χ0) is 16.9. The van der Waals surface area contributed by atoms with E-state index in [4.69, 9.17) is 4.74 Å². The molecule has 3 heterocycles. The zero-order valence-corrected chi connectivity index (χ0v) is 14.4. The maximum absolute atomic E-state index is 11.7. The molecule has 8 nitrogen and oxygen atoms in total. The van der Waals surface area contributed by atoms with Gasteiger partial charge in [0.05, 0.1) is 12.2 Å². The highest BCUT2D eigenvalue weighted by atomic mass is 32.1. The SMILES string of the molecule is C[C@@H]1CN(c2ccc(CNC(=O)Nc3nncs3)cn2)C[C@@H](C)O1. The van der Waals surface area contributed by atoms with Gasteiger partial charge in [0.25, 0.3) is 0 Å². The molecule has 128 valence electrons. The summed E-state index contributed by atoms with van der Waals surface area (Å²) in [4.78, 5) is 18.5. The summed E-state index contributed by atoms with van der Waals surface area (Å²) in [6.07, 6.45) is 2.17. The molecule has 1 fully saturated rings. The summed E-state index contributed by atoms with van der Waals surface area (Å²) in [7, 11) is 0. The van der Waals surface area contributed by atoms with E-state index in [2.05, 4.69) is 44.6 Å². The minimum Gasteiger partial charge on any atom is -0.372 e. The molecule has 3 rings (SSSR count). The summed E-state index contributed by atoms with van der Waals surface area (Å²) in [5.41, 5.74) is 2.49. The fourth-order valence-corrected chi connectivity index (χ4v) is 3.06. The van der Waals surface area contributed by atoms with Gasteiger partial charge in [-0.3, -0.25) is 5.32 Å². The first kappa shape index (κ1) is 16.6. The molecular formula is C15H20N6O2S. The average molecular weight is 348 g/mol. The molecule has 9 heteroatoms. The predicted octanol–water partition coefficient (Wildman–Crippen LogP) is 1.87. The van der Waals surface area contributed by atoms with Crippen molar-refractivity contribution in [3.05, 3.63) is 29.4 Å². The number of anilines is 2. The molecule has 24 heavy (non-hydrogen) atoms. The number of carbonyl (C=O) groups excluding carboxylic acids is 1.